The number of hydrogen-bond acceptors (Lipinski definition) is 4. The second kappa shape index (κ2) is 7.69. The highest BCUT2D eigenvalue weighted by Crippen LogP contribution is 2.38. The molecule has 2 aliphatic rings. The number of fused-ring (bicyclic) bond motifs is 2. The van der Waals surface area contributed by atoms with Gasteiger partial charge in [0.25, 0.3) is 0 Å². The van der Waals surface area contributed by atoms with E-state index in [1.807, 2.05) is 24.3 Å². The van der Waals surface area contributed by atoms with E-state index in [1.54, 1.807) is 7.11 Å². The predicted molar refractivity (Wildman–Crippen MR) is 120 cm³/mol. The molecule has 0 unspecified atom stereocenters. The molecule has 1 saturated carbocycles. The highest BCUT2D eigenvalue weighted by atomic mass is 16.6. The lowest BCUT2D eigenvalue weighted by Crippen LogP contribution is -2.58. The van der Waals surface area contributed by atoms with E-state index in [4.69, 9.17) is 9.47 Å². The standard InChI is InChI=1S/C26H29NO3/c1-27-17-26(28,30-25-6-4-3-5-24(25)27)22-12-9-18(10-13-22)19-7-8-21-16-23(29-2)14-11-20(21)15-19/h7-16,24-25,28H,3-6,17H2,1-2H3/t24-,25-,26-/m0/s1. The van der Waals surface area contributed by atoms with E-state index in [1.165, 1.54) is 18.2 Å². The molecule has 3 atom stereocenters. The Kier molecular flexibility index (Phi) is 5.02. The first kappa shape index (κ1) is 19.6. The highest BCUT2D eigenvalue weighted by Gasteiger charge is 2.45. The zero-order chi connectivity index (χ0) is 20.7. The van der Waals surface area contributed by atoms with Crippen molar-refractivity contribution in [2.45, 2.75) is 43.6 Å². The summed E-state index contributed by atoms with van der Waals surface area (Å²) >= 11 is 0. The number of ether oxygens (including phenoxy) is 2. The number of rotatable bonds is 3. The molecular weight excluding hydrogens is 374 g/mol. The fourth-order valence-electron chi connectivity index (χ4n) is 5.07. The quantitative estimate of drug-likeness (QED) is 0.673. The Morgan fingerprint density at radius 3 is 2.43 bits per heavy atom. The van der Waals surface area contributed by atoms with Gasteiger partial charge in [-0.2, -0.15) is 0 Å². The number of nitrogens with zero attached hydrogens (tertiary/aromatic N) is 1. The fourth-order valence-corrected chi connectivity index (χ4v) is 5.07. The maximum Gasteiger partial charge on any atom is 0.205 e. The maximum absolute atomic E-state index is 11.3. The van der Waals surface area contributed by atoms with Crippen LogP contribution in [-0.2, 0) is 10.5 Å². The average molecular weight is 404 g/mol. The van der Waals surface area contributed by atoms with E-state index in [2.05, 4.69) is 48.3 Å². The van der Waals surface area contributed by atoms with Crippen LogP contribution in [0.4, 0.5) is 0 Å². The molecule has 0 aromatic heterocycles. The second-order valence-corrected chi connectivity index (χ2v) is 8.71. The largest absolute Gasteiger partial charge is 0.497 e. The molecule has 156 valence electrons. The minimum Gasteiger partial charge on any atom is -0.497 e. The summed E-state index contributed by atoms with van der Waals surface area (Å²) in [6.07, 6.45) is 4.72. The van der Waals surface area contributed by atoms with Gasteiger partial charge in [0.2, 0.25) is 5.79 Å². The lowest BCUT2D eigenvalue weighted by atomic mass is 9.88. The third-order valence-corrected chi connectivity index (χ3v) is 6.76. The molecule has 1 aliphatic carbocycles. The van der Waals surface area contributed by atoms with Gasteiger partial charge in [-0.05, 0) is 60.0 Å². The van der Waals surface area contributed by atoms with E-state index in [0.717, 1.165) is 40.7 Å². The molecule has 4 nitrogen and oxygen atoms in total. The topological polar surface area (TPSA) is 41.9 Å². The summed E-state index contributed by atoms with van der Waals surface area (Å²) in [7, 11) is 3.79. The summed E-state index contributed by atoms with van der Waals surface area (Å²) in [6.45, 7) is 0.505. The van der Waals surface area contributed by atoms with Crippen LogP contribution < -0.4 is 4.74 Å². The van der Waals surface area contributed by atoms with Crippen LogP contribution in [0.25, 0.3) is 21.9 Å². The molecule has 2 fully saturated rings. The zero-order valence-electron chi connectivity index (χ0n) is 17.7. The average Bonchev–Trinajstić information content (AvgIpc) is 2.78. The van der Waals surface area contributed by atoms with Gasteiger partial charge in [-0.3, -0.25) is 4.90 Å². The van der Waals surface area contributed by atoms with Gasteiger partial charge in [-0.15, -0.1) is 0 Å². The van der Waals surface area contributed by atoms with Gasteiger partial charge in [0.05, 0.1) is 19.8 Å². The molecule has 1 aliphatic heterocycles. The van der Waals surface area contributed by atoms with Crippen LogP contribution in [0, 0.1) is 0 Å². The molecule has 4 heteroatoms. The lowest BCUT2D eigenvalue weighted by molar-refractivity contribution is -0.293. The molecule has 0 radical (unpaired) electrons. The Morgan fingerprint density at radius 2 is 1.63 bits per heavy atom. The normalized spacial score (nSPS) is 27.0. The van der Waals surface area contributed by atoms with E-state index < -0.39 is 5.79 Å². The second-order valence-electron chi connectivity index (χ2n) is 8.71. The summed E-state index contributed by atoms with van der Waals surface area (Å²) in [4.78, 5) is 2.28. The number of aliphatic hydroxyl groups is 1. The lowest BCUT2D eigenvalue weighted by Gasteiger charge is -2.49. The third-order valence-electron chi connectivity index (χ3n) is 6.76. The SMILES string of the molecule is COc1ccc2cc(-c3ccc([C@]4(O)CN(C)[C@H]5CCCC[C@@H]5O4)cc3)ccc2c1. The van der Waals surface area contributed by atoms with Gasteiger partial charge in [0.1, 0.15) is 5.75 Å². The van der Waals surface area contributed by atoms with Gasteiger partial charge < -0.3 is 14.6 Å². The molecular formula is C26H29NO3. The number of methoxy groups -OCH3 is 1. The number of hydrogen-bond donors (Lipinski definition) is 1. The highest BCUT2D eigenvalue weighted by molar-refractivity contribution is 5.88. The first-order chi connectivity index (χ1) is 14.6. The molecule has 0 amide bonds. The van der Waals surface area contributed by atoms with E-state index in [0.29, 0.717) is 12.6 Å². The van der Waals surface area contributed by atoms with Crippen LogP contribution in [0.1, 0.15) is 31.2 Å². The molecule has 3 aromatic carbocycles. The van der Waals surface area contributed by atoms with Gasteiger partial charge in [-0.25, -0.2) is 0 Å². The van der Waals surface area contributed by atoms with Crippen molar-refractivity contribution in [1.82, 2.24) is 4.90 Å². The summed E-state index contributed by atoms with van der Waals surface area (Å²) < 4.78 is 11.6. The van der Waals surface area contributed by atoms with Crippen LogP contribution in [0.3, 0.4) is 0 Å². The van der Waals surface area contributed by atoms with E-state index >= 15 is 0 Å². The van der Waals surface area contributed by atoms with Crippen LogP contribution in [-0.4, -0.2) is 42.9 Å². The first-order valence-corrected chi connectivity index (χ1v) is 10.8. The summed E-state index contributed by atoms with van der Waals surface area (Å²) in [6, 6.07) is 21.1. The Labute approximate surface area is 178 Å². The van der Waals surface area contributed by atoms with Crippen LogP contribution in [0.15, 0.2) is 60.7 Å². The van der Waals surface area contributed by atoms with Crippen LogP contribution in [0.2, 0.25) is 0 Å². The van der Waals surface area contributed by atoms with Gasteiger partial charge in [0.15, 0.2) is 0 Å². The van der Waals surface area contributed by atoms with Crippen molar-refractivity contribution in [3.8, 4) is 16.9 Å². The molecule has 0 bridgehead atoms. The first-order valence-electron chi connectivity index (χ1n) is 10.8. The molecule has 30 heavy (non-hydrogen) atoms. The Hall–Kier alpha value is -2.40. The third kappa shape index (κ3) is 3.49. The summed E-state index contributed by atoms with van der Waals surface area (Å²) in [5.41, 5.74) is 3.10. The van der Waals surface area contributed by atoms with Gasteiger partial charge in [-0.1, -0.05) is 55.3 Å². The monoisotopic (exact) mass is 403 g/mol. The molecule has 1 saturated heterocycles. The number of morpholine rings is 1. The molecule has 3 aromatic rings. The predicted octanol–water partition coefficient (Wildman–Crippen LogP) is 4.93. The molecule has 1 N–H and O–H groups in total. The van der Waals surface area contributed by atoms with Crippen molar-refractivity contribution in [3.05, 3.63) is 66.2 Å². The zero-order valence-corrected chi connectivity index (χ0v) is 17.7. The van der Waals surface area contributed by atoms with Crippen molar-refractivity contribution in [2.75, 3.05) is 20.7 Å². The number of benzene rings is 3. The Balaban J connectivity index is 1.40. The van der Waals surface area contributed by atoms with Gasteiger partial charge >= 0.3 is 0 Å². The fraction of sp³-hybridized carbons (Fsp3) is 0.385. The van der Waals surface area contributed by atoms with Gasteiger partial charge in [0, 0.05) is 11.6 Å². The van der Waals surface area contributed by atoms with Crippen molar-refractivity contribution in [1.29, 1.82) is 0 Å². The Morgan fingerprint density at radius 1 is 0.933 bits per heavy atom. The van der Waals surface area contributed by atoms with Crippen molar-refractivity contribution >= 4 is 10.8 Å². The molecule has 5 rings (SSSR count). The summed E-state index contributed by atoms with van der Waals surface area (Å²) in [5.74, 6) is -0.378. The van der Waals surface area contributed by atoms with E-state index in [9.17, 15) is 5.11 Å². The minimum atomic E-state index is -1.24. The van der Waals surface area contributed by atoms with Crippen molar-refractivity contribution < 1.29 is 14.6 Å². The number of β-amino-alcohol motifs (C(OH)–C–C–N with tert-alkyl or cyclic N) is 1. The van der Waals surface area contributed by atoms with Crippen molar-refractivity contribution in [2.24, 2.45) is 0 Å². The van der Waals surface area contributed by atoms with Crippen molar-refractivity contribution in [3.63, 3.8) is 0 Å². The number of likely N-dealkylation sites (N-methyl/N-ethyl adjacent to an activating group) is 1. The maximum atomic E-state index is 11.3. The molecule has 1 heterocycles. The minimum absolute atomic E-state index is 0.111. The van der Waals surface area contributed by atoms with E-state index in [-0.39, 0.29) is 6.10 Å². The summed E-state index contributed by atoms with van der Waals surface area (Å²) in [5, 5.41) is 13.7. The van der Waals surface area contributed by atoms with Crippen LogP contribution in [0.5, 0.6) is 5.75 Å². The Bertz CT molecular complexity index is 1050. The van der Waals surface area contributed by atoms with Crippen LogP contribution >= 0.6 is 0 Å². The smallest absolute Gasteiger partial charge is 0.205 e. The molecule has 0 spiro atoms.